The van der Waals surface area contributed by atoms with E-state index in [-0.39, 0.29) is 33.4 Å². The van der Waals surface area contributed by atoms with Crippen LogP contribution in [0.2, 0.25) is 10.0 Å². The number of hydrogen-bond donors (Lipinski definition) is 0. The van der Waals surface area contributed by atoms with E-state index >= 15 is 0 Å². The molecule has 2 rings (SSSR count). The van der Waals surface area contributed by atoms with Gasteiger partial charge in [-0.3, -0.25) is 4.79 Å². The number of esters is 1. The second kappa shape index (κ2) is 8.39. The number of allylic oxidation sites excluding steroid dienone is 2. The quantitative estimate of drug-likeness (QED) is 0.244. The van der Waals surface area contributed by atoms with Gasteiger partial charge in [0.05, 0.1) is 21.8 Å². The van der Waals surface area contributed by atoms with Crippen molar-refractivity contribution < 1.29 is 19.2 Å². The summed E-state index contributed by atoms with van der Waals surface area (Å²) >= 11 is 12.4. The molecule has 5 nitrogen and oxygen atoms in total. The molecule has 0 spiro atoms. The number of carbonyl (C=O) groups is 2. The van der Waals surface area contributed by atoms with Crippen molar-refractivity contribution in [3.05, 3.63) is 45.1 Å². The molecule has 136 valence electrons. The molecular weight excluding hydrogens is 377 g/mol. The molecule has 0 aromatic heterocycles. The van der Waals surface area contributed by atoms with Crippen LogP contribution in [0.1, 0.15) is 42.6 Å². The fraction of sp³-hybridized carbons (Fsp3) is 0.316. The van der Waals surface area contributed by atoms with Crippen LogP contribution in [0.15, 0.2) is 29.1 Å². The van der Waals surface area contributed by atoms with Crippen molar-refractivity contribution in [3.8, 4) is 12.3 Å². The SMILES string of the molecule is C#CCO/N=C/c1c(Cl)ccc(C(=O)OC2=CC(=O)CC(C)(C)C2)c1Cl. The number of ether oxygens (including phenoxy) is 1. The molecule has 1 aliphatic carbocycles. The maximum absolute atomic E-state index is 12.5. The first-order valence-corrected chi connectivity index (χ1v) is 8.51. The van der Waals surface area contributed by atoms with Gasteiger partial charge in [0, 0.05) is 24.5 Å². The largest absolute Gasteiger partial charge is 0.427 e. The van der Waals surface area contributed by atoms with Crippen molar-refractivity contribution in [1.29, 1.82) is 0 Å². The Bertz CT molecular complexity index is 835. The third kappa shape index (κ3) is 5.10. The Labute approximate surface area is 161 Å². The Morgan fingerprint density at radius 2 is 2.12 bits per heavy atom. The van der Waals surface area contributed by atoms with Gasteiger partial charge in [-0.2, -0.15) is 0 Å². The molecule has 0 heterocycles. The van der Waals surface area contributed by atoms with Crippen molar-refractivity contribution in [2.24, 2.45) is 10.6 Å². The molecule has 0 fully saturated rings. The monoisotopic (exact) mass is 393 g/mol. The van der Waals surface area contributed by atoms with Gasteiger partial charge in [-0.25, -0.2) is 4.79 Å². The van der Waals surface area contributed by atoms with Crippen molar-refractivity contribution in [2.45, 2.75) is 26.7 Å². The predicted octanol–water partition coefficient (Wildman–Crippen LogP) is 4.41. The summed E-state index contributed by atoms with van der Waals surface area (Å²) in [6, 6.07) is 2.94. The van der Waals surface area contributed by atoms with E-state index in [0.717, 1.165) is 0 Å². The molecule has 0 aliphatic heterocycles. The van der Waals surface area contributed by atoms with Gasteiger partial charge in [0.25, 0.3) is 0 Å². The van der Waals surface area contributed by atoms with E-state index in [0.29, 0.717) is 24.2 Å². The van der Waals surface area contributed by atoms with Crippen molar-refractivity contribution in [2.75, 3.05) is 6.61 Å². The molecule has 0 saturated carbocycles. The first-order chi connectivity index (χ1) is 12.2. The fourth-order valence-electron chi connectivity index (χ4n) is 2.54. The minimum absolute atomic E-state index is 0.00849. The van der Waals surface area contributed by atoms with Crippen molar-refractivity contribution >= 4 is 41.2 Å². The van der Waals surface area contributed by atoms with Crippen LogP contribution in [0.5, 0.6) is 0 Å². The van der Waals surface area contributed by atoms with Gasteiger partial charge in [0.1, 0.15) is 5.76 Å². The summed E-state index contributed by atoms with van der Waals surface area (Å²) in [5.41, 5.74) is 0.136. The second-order valence-electron chi connectivity index (χ2n) is 6.52. The average molecular weight is 394 g/mol. The molecule has 0 saturated heterocycles. The molecule has 1 aromatic rings. The number of rotatable bonds is 5. The minimum Gasteiger partial charge on any atom is -0.427 e. The first-order valence-electron chi connectivity index (χ1n) is 7.76. The Morgan fingerprint density at radius 1 is 1.38 bits per heavy atom. The van der Waals surface area contributed by atoms with E-state index in [9.17, 15) is 9.59 Å². The van der Waals surface area contributed by atoms with Crippen LogP contribution in [-0.2, 0) is 14.4 Å². The summed E-state index contributed by atoms with van der Waals surface area (Å²) in [6.45, 7) is 3.86. The smallest absolute Gasteiger partial charge is 0.344 e. The number of nitrogens with zero attached hydrogens (tertiary/aromatic N) is 1. The number of hydrogen-bond acceptors (Lipinski definition) is 5. The molecule has 0 bridgehead atoms. The third-order valence-electron chi connectivity index (χ3n) is 3.60. The van der Waals surface area contributed by atoms with E-state index in [2.05, 4.69) is 11.1 Å². The lowest BCUT2D eigenvalue weighted by molar-refractivity contribution is -0.117. The van der Waals surface area contributed by atoms with Crippen LogP contribution >= 0.6 is 23.2 Å². The maximum atomic E-state index is 12.5. The minimum atomic E-state index is -0.678. The average Bonchev–Trinajstić information content (AvgIpc) is 2.51. The van der Waals surface area contributed by atoms with Crippen LogP contribution in [0.3, 0.4) is 0 Å². The number of terminal acetylenes is 1. The highest BCUT2D eigenvalue weighted by Crippen LogP contribution is 2.35. The van der Waals surface area contributed by atoms with Crippen LogP contribution in [0, 0.1) is 17.8 Å². The van der Waals surface area contributed by atoms with E-state index in [1.54, 1.807) is 0 Å². The highest BCUT2D eigenvalue weighted by Gasteiger charge is 2.30. The summed E-state index contributed by atoms with van der Waals surface area (Å²) in [4.78, 5) is 29.1. The topological polar surface area (TPSA) is 65.0 Å². The predicted molar refractivity (Wildman–Crippen MR) is 100 cm³/mol. The first kappa shape index (κ1) is 20.0. The summed E-state index contributed by atoms with van der Waals surface area (Å²) in [6.07, 6.45) is 8.56. The zero-order valence-electron chi connectivity index (χ0n) is 14.3. The molecular formula is C19H17Cl2NO4. The highest BCUT2D eigenvalue weighted by molar-refractivity contribution is 6.40. The summed E-state index contributed by atoms with van der Waals surface area (Å²) in [5, 5.41) is 4.01. The Hall–Kier alpha value is -2.29. The van der Waals surface area contributed by atoms with Gasteiger partial charge in [0.15, 0.2) is 12.4 Å². The Kier molecular flexibility index (Phi) is 6.47. The standard InChI is InChI=1S/C19H17Cl2NO4/c1-4-7-25-22-11-15-16(20)6-5-14(17(15)21)18(24)26-13-8-12(23)9-19(2,3)10-13/h1,5-6,8,11H,7,9-10H2,2-3H3/b22-11+. The van der Waals surface area contributed by atoms with Crippen LogP contribution in [-0.4, -0.2) is 24.6 Å². The molecule has 0 N–H and O–H groups in total. The Balaban J connectivity index is 2.23. The normalized spacial score (nSPS) is 16.1. The number of halogens is 2. The molecule has 0 amide bonds. The lowest BCUT2D eigenvalue weighted by atomic mass is 9.79. The van der Waals surface area contributed by atoms with Gasteiger partial charge in [-0.15, -0.1) is 6.42 Å². The van der Waals surface area contributed by atoms with E-state index in [1.807, 2.05) is 13.8 Å². The van der Waals surface area contributed by atoms with E-state index in [1.165, 1.54) is 24.4 Å². The van der Waals surface area contributed by atoms with Gasteiger partial charge >= 0.3 is 5.97 Å². The molecule has 1 aromatic carbocycles. The number of benzene rings is 1. The highest BCUT2D eigenvalue weighted by atomic mass is 35.5. The lowest BCUT2D eigenvalue weighted by Crippen LogP contribution is -2.24. The molecule has 26 heavy (non-hydrogen) atoms. The second-order valence-corrected chi connectivity index (χ2v) is 7.30. The van der Waals surface area contributed by atoms with Crippen LogP contribution in [0.25, 0.3) is 0 Å². The zero-order chi connectivity index (χ0) is 19.3. The molecule has 7 heteroatoms. The molecule has 0 radical (unpaired) electrons. The Morgan fingerprint density at radius 3 is 2.77 bits per heavy atom. The van der Waals surface area contributed by atoms with Gasteiger partial charge in [-0.05, 0) is 17.5 Å². The van der Waals surface area contributed by atoms with E-state index in [4.69, 9.17) is 39.2 Å². The fourth-order valence-corrected chi connectivity index (χ4v) is 3.08. The molecule has 0 unspecified atom stereocenters. The summed E-state index contributed by atoms with van der Waals surface area (Å²) < 4.78 is 5.37. The third-order valence-corrected chi connectivity index (χ3v) is 4.34. The van der Waals surface area contributed by atoms with Gasteiger partial charge < -0.3 is 9.57 Å². The van der Waals surface area contributed by atoms with Crippen LogP contribution < -0.4 is 0 Å². The van der Waals surface area contributed by atoms with Crippen LogP contribution in [0.4, 0.5) is 0 Å². The van der Waals surface area contributed by atoms with Gasteiger partial charge in [0.2, 0.25) is 0 Å². The molecule has 1 aliphatic rings. The lowest BCUT2D eigenvalue weighted by Gasteiger charge is -2.27. The van der Waals surface area contributed by atoms with Gasteiger partial charge in [-0.1, -0.05) is 48.1 Å². The van der Waals surface area contributed by atoms with E-state index < -0.39 is 5.97 Å². The molecule has 0 atom stereocenters. The maximum Gasteiger partial charge on any atom is 0.344 e. The van der Waals surface area contributed by atoms with Crippen molar-refractivity contribution in [3.63, 3.8) is 0 Å². The number of oxime groups is 1. The number of carbonyl (C=O) groups excluding carboxylic acids is 2. The van der Waals surface area contributed by atoms with Crippen molar-refractivity contribution in [1.82, 2.24) is 0 Å². The number of ketones is 1. The summed E-state index contributed by atoms with van der Waals surface area (Å²) in [5.74, 6) is 1.82. The zero-order valence-corrected chi connectivity index (χ0v) is 15.9. The summed E-state index contributed by atoms with van der Waals surface area (Å²) in [7, 11) is 0.